The molecular weight excluding hydrogens is 254 g/mol. The Morgan fingerprint density at radius 1 is 1.00 bits per heavy atom. The highest BCUT2D eigenvalue weighted by Gasteiger charge is 2.54. The van der Waals surface area contributed by atoms with Crippen molar-refractivity contribution < 1.29 is 14.7 Å². The van der Waals surface area contributed by atoms with Crippen LogP contribution in [0.1, 0.15) is 51.9 Å². The fourth-order valence-electron chi connectivity index (χ4n) is 4.83. The average Bonchev–Trinajstić information content (AvgIpc) is 3.01. The molecule has 3 aliphatic rings. The lowest BCUT2D eigenvalue weighted by Gasteiger charge is -2.33. The van der Waals surface area contributed by atoms with Gasteiger partial charge in [0.2, 0.25) is 5.91 Å². The van der Waals surface area contributed by atoms with Crippen LogP contribution in [0.3, 0.4) is 0 Å². The predicted octanol–water partition coefficient (Wildman–Crippen LogP) is 2.43. The Hall–Kier alpha value is -1.06. The molecule has 0 aliphatic heterocycles. The van der Waals surface area contributed by atoms with Crippen LogP contribution in [-0.4, -0.2) is 23.0 Å². The summed E-state index contributed by atoms with van der Waals surface area (Å²) >= 11 is 0. The molecule has 3 saturated carbocycles. The Balaban J connectivity index is 1.68. The van der Waals surface area contributed by atoms with Crippen molar-refractivity contribution in [2.75, 3.05) is 0 Å². The first kappa shape index (κ1) is 13.9. The number of hydrogen-bond donors (Lipinski definition) is 2. The van der Waals surface area contributed by atoms with Crippen molar-refractivity contribution in [1.82, 2.24) is 5.32 Å². The molecule has 20 heavy (non-hydrogen) atoms. The summed E-state index contributed by atoms with van der Waals surface area (Å²) in [7, 11) is 0. The molecule has 3 aliphatic carbocycles. The molecule has 2 N–H and O–H groups in total. The lowest BCUT2D eigenvalue weighted by molar-refractivity contribution is -0.149. The summed E-state index contributed by atoms with van der Waals surface area (Å²) in [5.74, 6) is -0.406. The molecule has 1 amide bonds. The van der Waals surface area contributed by atoms with E-state index < -0.39 is 11.9 Å². The van der Waals surface area contributed by atoms with Gasteiger partial charge in [-0.2, -0.15) is 0 Å². The molecule has 112 valence electrons. The SMILES string of the molecule is C[C@@H]1CCCC[C@@H]1NC(=O)[C@@H]1[C@H]2CC[C@@H](C2)[C@H]1C(=O)O. The molecular formula is C16H25NO3. The van der Waals surface area contributed by atoms with Crippen LogP contribution in [0.2, 0.25) is 0 Å². The third-order valence-corrected chi connectivity index (χ3v) is 5.94. The molecule has 0 saturated heterocycles. The van der Waals surface area contributed by atoms with E-state index in [-0.39, 0.29) is 23.8 Å². The molecule has 0 aromatic rings. The zero-order valence-electron chi connectivity index (χ0n) is 12.2. The standard InChI is InChI=1S/C16H25NO3/c1-9-4-2-3-5-12(9)17-15(18)13-10-6-7-11(8-10)14(13)16(19)20/h9-14H,2-8H2,1H3,(H,17,18)(H,19,20)/t9-,10+,11+,12+,13-,14-/m1/s1. The number of carbonyl (C=O) groups excluding carboxylic acids is 1. The molecule has 0 unspecified atom stereocenters. The van der Waals surface area contributed by atoms with Gasteiger partial charge < -0.3 is 10.4 Å². The van der Waals surface area contributed by atoms with E-state index in [1.807, 2.05) is 0 Å². The highest BCUT2D eigenvalue weighted by Crippen LogP contribution is 2.52. The van der Waals surface area contributed by atoms with Crippen molar-refractivity contribution in [2.24, 2.45) is 29.6 Å². The molecule has 4 heteroatoms. The van der Waals surface area contributed by atoms with E-state index in [1.165, 1.54) is 19.3 Å². The second-order valence-corrected chi connectivity index (χ2v) is 7.10. The lowest BCUT2D eigenvalue weighted by atomic mass is 9.78. The van der Waals surface area contributed by atoms with Crippen LogP contribution < -0.4 is 5.32 Å². The van der Waals surface area contributed by atoms with Crippen molar-refractivity contribution in [2.45, 2.75) is 57.9 Å². The van der Waals surface area contributed by atoms with Crippen molar-refractivity contribution in [1.29, 1.82) is 0 Å². The maximum absolute atomic E-state index is 12.6. The lowest BCUT2D eigenvalue weighted by Crippen LogP contribution is -2.47. The maximum Gasteiger partial charge on any atom is 0.307 e. The number of hydrogen-bond acceptors (Lipinski definition) is 2. The van der Waals surface area contributed by atoms with E-state index in [0.717, 1.165) is 25.7 Å². The Bertz CT molecular complexity index is 409. The monoisotopic (exact) mass is 279 g/mol. The van der Waals surface area contributed by atoms with E-state index in [0.29, 0.717) is 11.8 Å². The topological polar surface area (TPSA) is 66.4 Å². The molecule has 0 aromatic carbocycles. The van der Waals surface area contributed by atoms with Gasteiger partial charge in [-0.3, -0.25) is 9.59 Å². The van der Waals surface area contributed by atoms with E-state index in [2.05, 4.69) is 12.2 Å². The van der Waals surface area contributed by atoms with Crippen LogP contribution in [0.25, 0.3) is 0 Å². The Morgan fingerprint density at radius 3 is 2.30 bits per heavy atom. The highest BCUT2D eigenvalue weighted by atomic mass is 16.4. The normalized spacial score (nSPS) is 43.5. The number of aliphatic carboxylic acids is 1. The first-order chi connectivity index (χ1) is 9.58. The number of carboxylic acids is 1. The van der Waals surface area contributed by atoms with E-state index in [1.54, 1.807) is 0 Å². The summed E-state index contributed by atoms with van der Waals surface area (Å²) in [6.07, 6.45) is 7.61. The van der Waals surface area contributed by atoms with Crippen molar-refractivity contribution in [3.05, 3.63) is 0 Å². The molecule has 6 atom stereocenters. The summed E-state index contributed by atoms with van der Waals surface area (Å²) in [4.78, 5) is 24.1. The van der Waals surface area contributed by atoms with Crippen molar-refractivity contribution >= 4 is 11.9 Å². The predicted molar refractivity (Wildman–Crippen MR) is 75.0 cm³/mol. The van der Waals surface area contributed by atoms with Gasteiger partial charge in [-0.25, -0.2) is 0 Å². The van der Waals surface area contributed by atoms with Gasteiger partial charge in [0.15, 0.2) is 0 Å². The van der Waals surface area contributed by atoms with Crippen molar-refractivity contribution in [3.63, 3.8) is 0 Å². The van der Waals surface area contributed by atoms with Gasteiger partial charge in [0.25, 0.3) is 0 Å². The summed E-state index contributed by atoms with van der Waals surface area (Å²) in [6, 6.07) is 0.254. The second kappa shape index (κ2) is 5.38. The smallest absolute Gasteiger partial charge is 0.307 e. The molecule has 0 radical (unpaired) electrons. The van der Waals surface area contributed by atoms with Gasteiger partial charge in [-0.05, 0) is 49.9 Å². The number of rotatable bonds is 3. The number of carbonyl (C=O) groups is 2. The maximum atomic E-state index is 12.6. The Labute approximate surface area is 120 Å². The molecule has 0 aromatic heterocycles. The molecule has 3 fully saturated rings. The minimum Gasteiger partial charge on any atom is -0.481 e. The van der Waals surface area contributed by atoms with Crippen LogP contribution in [0.5, 0.6) is 0 Å². The highest BCUT2D eigenvalue weighted by molar-refractivity contribution is 5.86. The number of fused-ring (bicyclic) bond motifs is 2. The molecule has 4 nitrogen and oxygen atoms in total. The summed E-state index contributed by atoms with van der Waals surface area (Å²) < 4.78 is 0. The minimum atomic E-state index is -0.769. The Kier molecular flexibility index (Phi) is 3.74. The molecule has 0 heterocycles. The fourth-order valence-corrected chi connectivity index (χ4v) is 4.83. The third kappa shape index (κ3) is 2.33. The van der Waals surface area contributed by atoms with Gasteiger partial charge in [-0.15, -0.1) is 0 Å². The first-order valence-electron chi connectivity index (χ1n) is 8.11. The van der Waals surface area contributed by atoms with Gasteiger partial charge in [0.1, 0.15) is 0 Å². The number of carboxylic acid groups (broad SMARTS) is 1. The Morgan fingerprint density at radius 2 is 1.65 bits per heavy atom. The van der Waals surface area contributed by atoms with E-state index in [4.69, 9.17) is 0 Å². The number of amides is 1. The average molecular weight is 279 g/mol. The summed E-state index contributed by atoms with van der Waals surface area (Å²) in [5, 5.41) is 12.6. The van der Waals surface area contributed by atoms with Crippen LogP contribution in [0.4, 0.5) is 0 Å². The van der Waals surface area contributed by atoms with Gasteiger partial charge >= 0.3 is 5.97 Å². The minimum absolute atomic E-state index is 0.0170. The summed E-state index contributed by atoms with van der Waals surface area (Å²) in [6.45, 7) is 2.19. The molecule has 3 rings (SSSR count). The van der Waals surface area contributed by atoms with Crippen LogP contribution >= 0.6 is 0 Å². The van der Waals surface area contributed by atoms with E-state index in [9.17, 15) is 14.7 Å². The van der Waals surface area contributed by atoms with Gasteiger partial charge in [0, 0.05) is 6.04 Å². The van der Waals surface area contributed by atoms with Crippen LogP contribution in [0, 0.1) is 29.6 Å². The molecule has 0 spiro atoms. The summed E-state index contributed by atoms with van der Waals surface area (Å²) in [5.41, 5.74) is 0. The fraction of sp³-hybridized carbons (Fsp3) is 0.875. The zero-order valence-corrected chi connectivity index (χ0v) is 12.2. The quantitative estimate of drug-likeness (QED) is 0.834. The molecule has 2 bridgehead atoms. The third-order valence-electron chi connectivity index (χ3n) is 5.94. The van der Waals surface area contributed by atoms with Crippen LogP contribution in [-0.2, 0) is 9.59 Å². The van der Waals surface area contributed by atoms with E-state index >= 15 is 0 Å². The van der Waals surface area contributed by atoms with Gasteiger partial charge in [-0.1, -0.05) is 19.8 Å². The zero-order chi connectivity index (χ0) is 14.3. The first-order valence-corrected chi connectivity index (χ1v) is 8.11. The largest absolute Gasteiger partial charge is 0.481 e. The number of nitrogens with one attached hydrogen (secondary N) is 1. The van der Waals surface area contributed by atoms with Crippen molar-refractivity contribution in [3.8, 4) is 0 Å². The van der Waals surface area contributed by atoms with Gasteiger partial charge in [0.05, 0.1) is 11.8 Å². The second-order valence-electron chi connectivity index (χ2n) is 7.10. The van der Waals surface area contributed by atoms with Crippen LogP contribution in [0.15, 0.2) is 0 Å².